The number of methoxy groups -OCH3 is 1. The van der Waals surface area contributed by atoms with Crippen LogP contribution in [-0.2, 0) is 14.9 Å². The van der Waals surface area contributed by atoms with E-state index in [-0.39, 0.29) is 23.4 Å². The molecule has 2 aromatic rings. The molecule has 4 aliphatic rings. The topological polar surface area (TPSA) is 39.2 Å². The fourth-order valence-electron chi connectivity index (χ4n) is 5.44. The van der Waals surface area contributed by atoms with Crippen LogP contribution in [-0.4, -0.2) is 24.0 Å². The Bertz CT molecular complexity index is 703. The third-order valence-electron chi connectivity index (χ3n) is 6.05. The normalized spacial score (nSPS) is 41.0. The minimum absolute atomic E-state index is 0.0460. The lowest BCUT2D eigenvalue weighted by Gasteiger charge is -2.34. The summed E-state index contributed by atoms with van der Waals surface area (Å²) in [5.41, 5.74) is 1.94. The zero-order valence-corrected chi connectivity index (χ0v) is 12.3. The predicted octanol–water partition coefficient (Wildman–Crippen LogP) is 2.46. The largest absolute Gasteiger partial charge is 0.380 e. The number of nitrogens with zero attached hydrogens (tertiary/aromatic N) is 1. The number of ether oxygens (including phenoxy) is 1. The first-order valence-corrected chi connectivity index (χ1v) is 7.85. The van der Waals surface area contributed by atoms with Crippen LogP contribution in [0, 0.1) is 23.7 Å². The van der Waals surface area contributed by atoms with Crippen LogP contribution >= 0.6 is 0 Å². The average molecular weight is 291 g/mol. The molecule has 6 atom stereocenters. The van der Waals surface area contributed by atoms with Crippen LogP contribution in [0.5, 0.6) is 0 Å². The summed E-state index contributed by atoms with van der Waals surface area (Å²) < 4.78 is 5.74. The zero-order chi connectivity index (χ0) is 14.9. The van der Waals surface area contributed by atoms with Crippen molar-refractivity contribution < 1.29 is 9.53 Å². The van der Waals surface area contributed by atoms with Crippen molar-refractivity contribution >= 4 is 5.78 Å². The van der Waals surface area contributed by atoms with E-state index in [4.69, 9.17) is 4.74 Å². The number of rotatable bonds is 3. The van der Waals surface area contributed by atoms with Gasteiger partial charge in [-0.1, -0.05) is 36.4 Å². The molecule has 0 N–H and O–H groups in total. The molecule has 4 aliphatic carbocycles. The van der Waals surface area contributed by atoms with Crippen molar-refractivity contribution in [1.82, 2.24) is 4.98 Å². The number of hydrogen-bond donors (Lipinski definition) is 0. The van der Waals surface area contributed by atoms with Crippen LogP contribution in [0.3, 0.4) is 0 Å². The molecule has 3 nitrogen and oxygen atoms in total. The average Bonchev–Trinajstić information content (AvgIpc) is 3.04. The van der Waals surface area contributed by atoms with E-state index >= 15 is 0 Å². The number of pyridine rings is 1. The highest BCUT2D eigenvalue weighted by atomic mass is 16.5. The van der Waals surface area contributed by atoms with Crippen molar-refractivity contribution in [3.05, 3.63) is 66.0 Å². The van der Waals surface area contributed by atoms with E-state index in [1.165, 1.54) is 5.56 Å². The van der Waals surface area contributed by atoms with Crippen molar-refractivity contribution in [2.75, 3.05) is 7.11 Å². The van der Waals surface area contributed by atoms with E-state index < -0.39 is 0 Å². The number of hydrogen-bond acceptors (Lipinski definition) is 3. The van der Waals surface area contributed by atoms with Crippen molar-refractivity contribution in [2.45, 2.75) is 11.5 Å². The van der Waals surface area contributed by atoms with Gasteiger partial charge in [-0.15, -0.1) is 0 Å². The molecule has 3 heteroatoms. The van der Waals surface area contributed by atoms with Crippen LogP contribution in [0.25, 0.3) is 0 Å². The number of carbonyl (C=O) groups is 1. The van der Waals surface area contributed by atoms with Gasteiger partial charge in [0.1, 0.15) is 5.78 Å². The first-order chi connectivity index (χ1) is 10.8. The molecular formula is C19H17NO2. The molecule has 1 aromatic carbocycles. The second-order valence-corrected chi connectivity index (χ2v) is 6.66. The molecule has 0 amide bonds. The number of aromatic nitrogens is 1. The molecule has 1 aromatic heterocycles. The van der Waals surface area contributed by atoms with Crippen LogP contribution in [0.2, 0.25) is 0 Å². The van der Waals surface area contributed by atoms with Crippen LogP contribution in [0.1, 0.15) is 11.3 Å². The van der Waals surface area contributed by atoms with Gasteiger partial charge >= 0.3 is 0 Å². The van der Waals surface area contributed by atoms with Crippen molar-refractivity contribution in [1.29, 1.82) is 0 Å². The second kappa shape index (κ2) is 4.05. The summed E-state index contributed by atoms with van der Waals surface area (Å²) in [5.74, 6) is 1.21. The molecule has 6 rings (SSSR count). The summed E-state index contributed by atoms with van der Waals surface area (Å²) in [4.78, 5) is 17.5. The Morgan fingerprint density at radius 1 is 1.09 bits per heavy atom. The van der Waals surface area contributed by atoms with Gasteiger partial charge in [0.15, 0.2) is 0 Å². The van der Waals surface area contributed by atoms with Crippen molar-refractivity contribution in [3.8, 4) is 0 Å². The molecule has 0 spiro atoms. The SMILES string of the molecule is CO[C@@H]1C2C3C(=O)[C@H]1[C@](c1ccccc1)(c1ccccn1)[C@@H]32. The standard InChI is InChI=1S/C19H17NO2/c1-22-18-14-13-15(14)19(16(18)17(13)21,11-7-3-2-4-8-11)12-9-5-6-10-20-12/h2-10,13-16,18H,1H3/t13?,14?,15-,16+,18+,19+/m0/s1. The summed E-state index contributed by atoms with van der Waals surface area (Å²) in [6, 6.07) is 16.4. The summed E-state index contributed by atoms with van der Waals surface area (Å²) in [6.07, 6.45) is 1.88. The van der Waals surface area contributed by atoms with Gasteiger partial charge in [-0.25, -0.2) is 0 Å². The van der Waals surface area contributed by atoms with Gasteiger partial charge in [-0.05, 0) is 23.6 Å². The summed E-state index contributed by atoms with van der Waals surface area (Å²) in [5, 5.41) is 0. The molecular weight excluding hydrogens is 274 g/mol. The minimum Gasteiger partial charge on any atom is -0.380 e. The molecule has 4 fully saturated rings. The molecule has 110 valence electrons. The molecule has 0 saturated heterocycles. The third kappa shape index (κ3) is 1.19. The minimum atomic E-state index is -0.296. The fraction of sp³-hybridized carbons (Fsp3) is 0.368. The van der Waals surface area contributed by atoms with Crippen LogP contribution < -0.4 is 0 Å². The number of carbonyl (C=O) groups excluding carboxylic acids is 1. The van der Waals surface area contributed by atoms with Gasteiger partial charge in [0.2, 0.25) is 0 Å². The Kier molecular flexibility index (Phi) is 2.31. The Morgan fingerprint density at radius 2 is 1.86 bits per heavy atom. The lowest BCUT2D eigenvalue weighted by Crippen LogP contribution is -2.39. The maximum absolute atomic E-state index is 12.8. The lowest BCUT2D eigenvalue weighted by atomic mass is 9.69. The van der Waals surface area contributed by atoms with E-state index in [1.54, 1.807) is 7.11 Å². The lowest BCUT2D eigenvalue weighted by molar-refractivity contribution is -0.123. The second-order valence-electron chi connectivity index (χ2n) is 6.66. The van der Waals surface area contributed by atoms with Gasteiger partial charge in [0.05, 0.1) is 23.1 Å². The van der Waals surface area contributed by atoms with E-state index in [0.717, 1.165) is 5.69 Å². The summed E-state index contributed by atoms with van der Waals surface area (Å²) in [6.45, 7) is 0. The predicted molar refractivity (Wildman–Crippen MR) is 81.2 cm³/mol. The maximum atomic E-state index is 12.8. The Balaban J connectivity index is 1.79. The fourth-order valence-corrected chi connectivity index (χ4v) is 5.44. The van der Waals surface area contributed by atoms with Crippen LogP contribution in [0.4, 0.5) is 0 Å². The zero-order valence-electron chi connectivity index (χ0n) is 12.3. The smallest absolute Gasteiger partial charge is 0.143 e. The first-order valence-electron chi connectivity index (χ1n) is 7.85. The van der Waals surface area contributed by atoms with Gasteiger partial charge in [0.25, 0.3) is 0 Å². The molecule has 0 aliphatic heterocycles. The van der Waals surface area contributed by atoms with Crippen molar-refractivity contribution in [2.24, 2.45) is 23.7 Å². The van der Waals surface area contributed by atoms with Gasteiger partial charge in [-0.2, -0.15) is 0 Å². The van der Waals surface area contributed by atoms with Gasteiger partial charge in [0, 0.05) is 25.1 Å². The highest BCUT2D eigenvalue weighted by Gasteiger charge is 2.85. The highest BCUT2D eigenvalue weighted by molar-refractivity contribution is 5.97. The first kappa shape index (κ1) is 12.5. The molecule has 4 bridgehead atoms. The Labute approximate surface area is 129 Å². The van der Waals surface area contributed by atoms with E-state index in [0.29, 0.717) is 17.6 Å². The maximum Gasteiger partial charge on any atom is 0.143 e. The van der Waals surface area contributed by atoms with E-state index in [1.807, 2.05) is 24.4 Å². The third-order valence-corrected chi connectivity index (χ3v) is 6.05. The summed E-state index contributed by atoms with van der Waals surface area (Å²) in [7, 11) is 1.74. The highest BCUT2D eigenvalue weighted by Crippen LogP contribution is 2.78. The number of ketones is 1. The summed E-state index contributed by atoms with van der Waals surface area (Å²) >= 11 is 0. The van der Waals surface area contributed by atoms with Crippen molar-refractivity contribution in [3.63, 3.8) is 0 Å². The van der Waals surface area contributed by atoms with E-state index in [9.17, 15) is 4.79 Å². The van der Waals surface area contributed by atoms with Crippen LogP contribution in [0.15, 0.2) is 54.7 Å². The molecule has 22 heavy (non-hydrogen) atoms. The molecule has 4 saturated carbocycles. The molecule has 2 unspecified atom stereocenters. The number of benzene rings is 1. The monoisotopic (exact) mass is 291 g/mol. The van der Waals surface area contributed by atoms with Gasteiger partial charge < -0.3 is 4.74 Å². The molecule has 1 heterocycles. The Hall–Kier alpha value is -2.00. The molecule has 0 radical (unpaired) electrons. The quantitative estimate of drug-likeness (QED) is 0.872. The van der Waals surface area contributed by atoms with Gasteiger partial charge in [-0.3, -0.25) is 9.78 Å². The van der Waals surface area contributed by atoms with E-state index in [2.05, 4.69) is 35.3 Å². The number of Topliss-reactive ketones (excluding diaryl/α,β-unsaturated/α-hetero) is 1. The Morgan fingerprint density at radius 3 is 2.45 bits per heavy atom.